The van der Waals surface area contributed by atoms with E-state index in [0.29, 0.717) is 12.8 Å². The largest absolute Gasteiger partial charge is 0.454 e. The summed E-state index contributed by atoms with van der Waals surface area (Å²) in [6, 6.07) is 0. The Morgan fingerprint density at radius 3 is 2.42 bits per heavy atom. The average molecular weight is 178 g/mol. The SMILES string of the molecule is O=C(C1=CCCCC1)C(F)(F)F. The molecule has 0 aromatic rings. The molecule has 0 N–H and O–H groups in total. The van der Waals surface area contributed by atoms with E-state index < -0.39 is 12.0 Å². The Bertz CT molecular complexity index is 215. The molecule has 0 aromatic carbocycles. The normalized spacial score (nSPS) is 18.8. The van der Waals surface area contributed by atoms with Crippen molar-refractivity contribution in [3.05, 3.63) is 11.6 Å². The Labute approximate surface area is 68.3 Å². The number of Topliss-reactive ketones (excluding diaryl/α,β-unsaturated/α-hetero) is 1. The molecule has 0 aliphatic heterocycles. The van der Waals surface area contributed by atoms with Crippen LogP contribution in [0.2, 0.25) is 0 Å². The third kappa shape index (κ3) is 2.09. The highest BCUT2D eigenvalue weighted by molar-refractivity contribution is 5.99. The van der Waals surface area contributed by atoms with Gasteiger partial charge in [-0.25, -0.2) is 0 Å². The van der Waals surface area contributed by atoms with Gasteiger partial charge < -0.3 is 0 Å². The molecule has 0 heterocycles. The fraction of sp³-hybridized carbons (Fsp3) is 0.625. The highest BCUT2D eigenvalue weighted by Gasteiger charge is 2.40. The Kier molecular flexibility index (Phi) is 2.55. The predicted octanol–water partition coefficient (Wildman–Crippen LogP) is 2.62. The van der Waals surface area contributed by atoms with Gasteiger partial charge >= 0.3 is 6.18 Å². The molecular weight excluding hydrogens is 169 g/mol. The molecule has 0 saturated heterocycles. The minimum atomic E-state index is -4.69. The molecular formula is C8H9F3O. The Balaban J connectivity index is 2.70. The Morgan fingerprint density at radius 1 is 1.33 bits per heavy atom. The molecule has 0 bridgehead atoms. The molecule has 4 heteroatoms. The lowest BCUT2D eigenvalue weighted by atomic mass is 9.96. The van der Waals surface area contributed by atoms with Crippen molar-refractivity contribution in [2.45, 2.75) is 31.9 Å². The van der Waals surface area contributed by atoms with E-state index in [1.165, 1.54) is 6.08 Å². The molecule has 68 valence electrons. The lowest BCUT2D eigenvalue weighted by molar-refractivity contribution is -0.166. The van der Waals surface area contributed by atoms with E-state index >= 15 is 0 Å². The summed E-state index contributed by atoms with van der Waals surface area (Å²) in [4.78, 5) is 10.6. The lowest BCUT2D eigenvalue weighted by Crippen LogP contribution is -2.25. The van der Waals surface area contributed by atoms with Gasteiger partial charge in [-0.2, -0.15) is 13.2 Å². The van der Waals surface area contributed by atoms with Crippen LogP contribution in [0.3, 0.4) is 0 Å². The summed E-state index contributed by atoms with van der Waals surface area (Å²) in [6.45, 7) is 0. The van der Waals surface area contributed by atoms with E-state index in [-0.39, 0.29) is 12.0 Å². The number of halogens is 3. The number of alkyl halides is 3. The fourth-order valence-electron chi connectivity index (χ4n) is 1.23. The van der Waals surface area contributed by atoms with E-state index in [4.69, 9.17) is 0 Å². The summed E-state index contributed by atoms with van der Waals surface area (Å²) >= 11 is 0. The van der Waals surface area contributed by atoms with Gasteiger partial charge in [-0.05, 0) is 25.7 Å². The van der Waals surface area contributed by atoms with Gasteiger partial charge in [0, 0.05) is 5.57 Å². The summed E-state index contributed by atoms with van der Waals surface area (Å²) in [5.41, 5.74) is -0.0613. The summed E-state index contributed by atoms with van der Waals surface area (Å²) in [7, 11) is 0. The molecule has 12 heavy (non-hydrogen) atoms. The Hall–Kier alpha value is -0.800. The van der Waals surface area contributed by atoms with E-state index in [0.717, 1.165) is 6.42 Å². The predicted molar refractivity (Wildman–Crippen MR) is 37.6 cm³/mol. The molecule has 1 aliphatic rings. The molecule has 0 unspecified atom stereocenters. The fourth-order valence-corrected chi connectivity index (χ4v) is 1.23. The monoisotopic (exact) mass is 178 g/mol. The molecule has 0 saturated carbocycles. The van der Waals surface area contributed by atoms with Crippen LogP contribution in [0.4, 0.5) is 13.2 Å². The van der Waals surface area contributed by atoms with Crippen LogP contribution < -0.4 is 0 Å². The minimum absolute atomic E-state index is 0.0613. The maximum absolute atomic E-state index is 11.8. The molecule has 1 nitrogen and oxygen atoms in total. The smallest absolute Gasteiger partial charge is 0.284 e. The van der Waals surface area contributed by atoms with Gasteiger partial charge in [0.25, 0.3) is 5.78 Å². The first-order valence-electron chi connectivity index (χ1n) is 3.82. The van der Waals surface area contributed by atoms with Crippen molar-refractivity contribution in [1.29, 1.82) is 0 Å². The van der Waals surface area contributed by atoms with Crippen LogP contribution in [0.15, 0.2) is 11.6 Å². The van der Waals surface area contributed by atoms with Gasteiger partial charge in [-0.15, -0.1) is 0 Å². The second kappa shape index (κ2) is 3.29. The first-order chi connectivity index (χ1) is 5.52. The van der Waals surface area contributed by atoms with Gasteiger partial charge in [0.05, 0.1) is 0 Å². The number of hydrogen-bond acceptors (Lipinski definition) is 1. The minimum Gasteiger partial charge on any atom is -0.284 e. The molecule has 0 fully saturated rings. The molecule has 1 rings (SSSR count). The van der Waals surface area contributed by atoms with Crippen LogP contribution in [0.5, 0.6) is 0 Å². The van der Waals surface area contributed by atoms with Crippen molar-refractivity contribution in [3.8, 4) is 0 Å². The number of allylic oxidation sites excluding steroid dienone is 2. The first kappa shape index (κ1) is 9.29. The number of ketones is 1. The average Bonchev–Trinajstić information content (AvgIpc) is 2.03. The van der Waals surface area contributed by atoms with E-state index in [1.54, 1.807) is 0 Å². The third-order valence-electron chi connectivity index (χ3n) is 1.84. The molecule has 0 spiro atoms. The summed E-state index contributed by atoms with van der Waals surface area (Å²) in [5.74, 6) is -1.66. The van der Waals surface area contributed by atoms with Crippen LogP contribution in [0, 0.1) is 0 Å². The van der Waals surface area contributed by atoms with Crippen molar-refractivity contribution in [2.75, 3.05) is 0 Å². The maximum atomic E-state index is 11.8. The number of rotatable bonds is 1. The quantitative estimate of drug-likeness (QED) is 0.603. The number of carbonyl (C=O) groups excluding carboxylic acids is 1. The standard InChI is InChI=1S/C8H9F3O/c9-8(10,11)7(12)6-4-2-1-3-5-6/h4H,1-3,5H2. The van der Waals surface area contributed by atoms with Gasteiger partial charge in [-0.1, -0.05) is 6.08 Å². The van der Waals surface area contributed by atoms with Gasteiger partial charge in [0.1, 0.15) is 0 Å². The summed E-state index contributed by atoms with van der Waals surface area (Å²) in [5, 5.41) is 0. The highest BCUT2D eigenvalue weighted by Crippen LogP contribution is 2.26. The van der Waals surface area contributed by atoms with Crippen molar-refractivity contribution in [3.63, 3.8) is 0 Å². The first-order valence-corrected chi connectivity index (χ1v) is 3.82. The molecule has 0 radical (unpaired) electrons. The number of hydrogen-bond donors (Lipinski definition) is 0. The summed E-state index contributed by atoms with van der Waals surface area (Å²) in [6.07, 6.45) is -0.847. The van der Waals surface area contributed by atoms with Crippen LogP contribution in [-0.2, 0) is 4.79 Å². The van der Waals surface area contributed by atoms with E-state index in [2.05, 4.69) is 0 Å². The van der Waals surface area contributed by atoms with Crippen molar-refractivity contribution in [2.24, 2.45) is 0 Å². The van der Waals surface area contributed by atoms with Gasteiger partial charge in [0.15, 0.2) is 0 Å². The lowest BCUT2D eigenvalue weighted by Gasteiger charge is -2.12. The van der Waals surface area contributed by atoms with Crippen molar-refractivity contribution < 1.29 is 18.0 Å². The summed E-state index contributed by atoms with van der Waals surface area (Å²) < 4.78 is 35.5. The van der Waals surface area contributed by atoms with Gasteiger partial charge in [0.2, 0.25) is 0 Å². The molecule has 0 aromatic heterocycles. The van der Waals surface area contributed by atoms with Crippen LogP contribution in [-0.4, -0.2) is 12.0 Å². The van der Waals surface area contributed by atoms with E-state index in [9.17, 15) is 18.0 Å². The highest BCUT2D eigenvalue weighted by atomic mass is 19.4. The molecule has 1 aliphatic carbocycles. The maximum Gasteiger partial charge on any atom is 0.454 e. The zero-order chi connectivity index (χ0) is 9.19. The van der Waals surface area contributed by atoms with Crippen LogP contribution in [0.1, 0.15) is 25.7 Å². The van der Waals surface area contributed by atoms with Crippen LogP contribution in [0.25, 0.3) is 0 Å². The second-order valence-electron chi connectivity index (χ2n) is 2.80. The topological polar surface area (TPSA) is 17.1 Å². The van der Waals surface area contributed by atoms with Crippen LogP contribution >= 0.6 is 0 Å². The van der Waals surface area contributed by atoms with Crippen molar-refractivity contribution in [1.82, 2.24) is 0 Å². The zero-order valence-corrected chi connectivity index (χ0v) is 6.45. The van der Waals surface area contributed by atoms with Gasteiger partial charge in [-0.3, -0.25) is 4.79 Å². The second-order valence-corrected chi connectivity index (χ2v) is 2.80. The Morgan fingerprint density at radius 2 is 2.00 bits per heavy atom. The third-order valence-corrected chi connectivity index (χ3v) is 1.84. The van der Waals surface area contributed by atoms with E-state index in [1.807, 2.05) is 0 Å². The molecule has 0 amide bonds. The zero-order valence-electron chi connectivity index (χ0n) is 6.45. The molecule has 0 atom stereocenters. The number of carbonyl (C=O) groups is 1. The van der Waals surface area contributed by atoms with Crippen molar-refractivity contribution >= 4 is 5.78 Å².